The standard InChI is InChI=1S/C20H32O2/c1-12-10-14(21)11-13-4-5-15-16-6-7-18(22)19(16,2)9-8-17(15)20(12,13)3/h12-13,15-18,22H,4-11H2,1-3H3/t12-,13-,15-,16-,17-,18-,19+,20-/m0/s1. The van der Waals surface area contributed by atoms with E-state index >= 15 is 0 Å². The molecule has 0 aromatic carbocycles. The van der Waals surface area contributed by atoms with Gasteiger partial charge in [0.1, 0.15) is 5.78 Å². The van der Waals surface area contributed by atoms with Gasteiger partial charge in [0.25, 0.3) is 0 Å². The topological polar surface area (TPSA) is 37.3 Å². The highest BCUT2D eigenvalue weighted by Crippen LogP contribution is 2.66. The Hall–Kier alpha value is -0.370. The van der Waals surface area contributed by atoms with Gasteiger partial charge in [-0.2, -0.15) is 0 Å². The fourth-order valence-corrected chi connectivity index (χ4v) is 7.45. The highest BCUT2D eigenvalue weighted by molar-refractivity contribution is 5.80. The van der Waals surface area contributed by atoms with E-state index in [9.17, 15) is 9.90 Å². The second-order valence-corrected chi connectivity index (χ2v) is 9.50. The minimum atomic E-state index is -0.0747. The molecule has 4 rings (SSSR count). The SMILES string of the molecule is C[C@H]1CC(=O)C[C@@H]2CC[C@H]3[C@@H]4CC[C@H](O)[C@]4(C)CC[C@@H]3[C@]21C. The van der Waals surface area contributed by atoms with E-state index in [2.05, 4.69) is 20.8 Å². The van der Waals surface area contributed by atoms with Gasteiger partial charge in [0.2, 0.25) is 0 Å². The fraction of sp³-hybridized carbons (Fsp3) is 0.950. The number of ketones is 1. The number of fused-ring (bicyclic) bond motifs is 5. The van der Waals surface area contributed by atoms with Gasteiger partial charge in [0.15, 0.2) is 0 Å². The summed E-state index contributed by atoms with van der Waals surface area (Å²) in [5.74, 6) is 3.99. The summed E-state index contributed by atoms with van der Waals surface area (Å²) in [4.78, 5) is 12.1. The number of Topliss-reactive ketones (excluding diaryl/α,β-unsaturated/α-hetero) is 1. The Morgan fingerprint density at radius 3 is 2.55 bits per heavy atom. The molecule has 0 aromatic heterocycles. The van der Waals surface area contributed by atoms with Crippen LogP contribution in [0.3, 0.4) is 0 Å². The number of carbonyl (C=O) groups excluding carboxylic acids is 1. The van der Waals surface area contributed by atoms with E-state index in [1.807, 2.05) is 0 Å². The van der Waals surface area contributed by atoms with Crippen molar-refractivity contribution < 1.29 is 9.90 Å². The molecule has 0 spiro atoms. The summed E-state index contributed by atoms with van der Waals surface area (Å²) in [6.07, 6.45) is 8.84. The molecule has 0 aromatic rings. The molecule has 4 saturated carbocycles. The second kappa shape index (κ2) is 4.82. The third-order valence-electron chi connectivity index (χ3n) is 8.98. The van der Waals surface area contributed by atoms with Gasteiger partial charge < -0.3 is 5.11 Å². The first-order valence-corrected chi connectivity index (χ1v) is 9.57. The zero-order valence-electron chi connectivity index (χ0n) is 14.5. The van der Waals surface area contributed by atoms with Crippen molar-refractivity contribution >= 4 is 5.78 Å². The molecule has 0 saturated heterocycles. The van der Waals surface area contributed by atoms with E-state index in [0.717, 1.165) is 37.0 Å². The van der Waals surface area contributed by atoms with Crippen molar-refractivity contribution in [1.29, 1.82) is 0 Å². The first-order chi connectivity index (χ1) is 10.4. The number of aliphatic hydroxyl groups is 1. The lowest BCUT2D eigenvalue weighted by Crippen LogP contribution is -2.56. The molecule has 124 valence electrons. The third kappa shape index (κ3) is 1.79. The van der Waals surface area contributed by atoms with Crippen molar-refractivity contribution in [1.82, 2.24) is 0 Å². The summed E-state index contributed by atoms with van der Waals surface area (Å²) < 4.78 is 0. The molecule has 2 nitrogen and oxygen atoms in total. The quantitative estimate of drug-likeness (QED) is 0.728. The van der Waals surface area contributed by atoms with Crippen LogP contribution < -0.4 is 0 Å². The van der Waals surface area contributed by atoms with Gasteiger partial charge in [0, 0.05) is 12.8 Å². The van der Waals surface area contributed by atoms with Crippen molar-refractivity contribution in [3.63, 3.8) is 0 Å². The van der Waals surface area contributed by atoms with Crippen LogP contribution >= 0.6 is 0 Å². The monoisotopic (exact) mass is 304 g/mol. The van der Waals surface area contributed by atoms with Crippen LogP contribution in [0.15, 0.2) is 0 Å². The van der Waals surface area contributed by atoms with E-state index in [1.54, 1.807) is 0 Å². The molecule has 4 aliphatic carbocycles. The predicted molar refractivity (Wildman–Crippen MR) is 87.3 cm³/mol. The minimum Gasteiger partial charge on any atom is -0.393 e. The Balaban J connectivity index is 1.67. The lowest BCUT2D eigenvalue weighted by molar-refractivity contribution is -0.154. The van der Waals surface area contributed by atoms with E-state index < -0.39 is 0 Å². The minimum absolute atomic E-state index is 0.0747. The molecule has 8 atom stereocenters. The van der Waals surface area contributed by atoms with Gasteiger partial charge in [0.05, 0.1) is 6.10 Å². The predicted octanol–water partition coefficient (Wildman–Crippen LogP) is 4.21. The molecule has 0 amide bonds. The van der Waals surface area contributed by atoms with Crippen LogP contribution in [-0.4, -0.2) is 17.0 Å². The number of rotatable bonds is 0. The Morgan fingerprint density at radius 1 is 1.00 bits per heavy atom. The van der Waals surface area contributed by atoms with E-state index in [-0.39, 0.29) is 11.5 Å². The highest BCUT2D eigenvalue weighted by atomic mass is 16.3. The molecule has 0 unspecified atom stereocenters. The summed E-state index contributed by atoms with van der Waals surface area (Å²) in [5.41, 5.74) is 0.545. The molecular weight excluding hydrogens is 272 g/mol. The lowest BCUT2D eigenvalue weighted by atomic mass is 9.43. The molecule has 2 heteroatoms. The zero-order chi connectivity index (χ0) is 15.7. The summed E-state index contributed by atoms with van der Waals surface area (Å²) >= 11 is 0. The average Bonchev–Trinajstić information content (AvgIpc) is 2.77. The Kier molecular flexibility index (Phi) is 3.32. The van der Waals surface area contributed by atoms with Gasteiger partial charge in [-0.1, -0.05) is 20.8 Å². The maximum Gasteiger partial charge on any atom is 0.133 e. The second-order valence-electron chi connectivity index (χ2n) is 9.50. The number of hydrogen-bond donors (Lipinski definition) is 1. The number of carbonyl (C=O) groups is 1. The van der Waals surface area contributed by atoms with Crippen molar-refractivity contribution in [3.8, 4) is 0 Å². The van der Waals surface area contributed by atoms with Gasteiger partial charge in [-0.15, -0.1) is 0 Å². The first-order valence-electron chi connectivity index (χ1n) is 9.57. The average molecular weight is 304 g/mol. The first kappa shape index (κ1) is 15.2. The van der Waals surface area contributed by atoms with Crippen LogP contribution in [0.5, 0.6) is 0 Å². The van der Waals surface area contributed by atoms with E-state index in [1.165, 1.54) is 32.1 Å². The molecule has 22 heavy (non-hydrogen) atoms. The molecular formula is C20H32O2. The number of aliphatic hydroxyl groups excluding tert-OH is 1. The lowest BCUT2D eigenvalue weighted by Gasteiger charge is -2.62. The van der Waals surface area contributed by atoms with Gasteiger partial charge in [-0.05, 0) is 78.9 Å². The Bertz CT molecular complexity index is 486. The van der Waals surface area contributed by atoms with Gasteiger partial charge in [-0.3, -0.25) is 4.79 Å². The normalized spacial score (nSPS) is 57.9. The fourth-order valence-electron chi connectivity index (χ4n) is 7.45. The van der Waals surface area contributed by atoms with Crippen LogP contribution in [0.1, 0.15) is 72.1 Å². The largest absolute Gasteiger partial charge is 0.393 e. The summed E-state index contributed by atoms with van der Waals surface area (Å²) in [5, 5.41) is 10.5. The summed E-state index contributed by atoms with van der Waals surface area (Å²) in [6, 6.07) is 0. The Labute approximate surface area is 135 Å². The van der Waals surface area contributed by atoms with E-state index in [4.69, 9.17) is 0 Å². The molecule has 0 aliphatic heterocycles. The Morgan fingerprint density at radius 2 is 1.77 bits per heavy atom. The van der Waals surface area contributed by atoms with Crippen LogP contribution in [0.25, 0.3) is 0 Å². The molecule has 1 N–H and O–H groups in total. The van der Waals surface area contributed by atoms with Crippen molar-refractivity contribution in [2.75, 3.05) is 0 Å². The maximum absolute atomic E-state index is 12.1. The zero-order valence-corrected chi connectivity index (χ0v) is 14.5. The van der Waals surface area contributed by atoms with Gasteiger partial charge in [-0.25, -0.2) is 0 Å². The maximum atomic E-state index is 12.1. The highest BCUT2D eigenvalue weighted by Gasteiger charge is 2.61. The molecule has 0 bridgehead atoms. The van der Waals surface area contributed by atoms with E-state index in [0.29, 0.717) is 23.0 Å². The van der Waals surface area contributed by atoms with Crippen LogP contribution in [0.4, 0.5) is 0 Å². The van der Waals surface area contributed by atoms with Crippen LogP contribution in [-0.2, 0) is 4.79 Å². The van der Waals surface area contributed by atoms with Crippen molar-refractivity contribution in [2.24, 2.45) is 40.4 Å². The third-order valence-corrected chi connectivity index (χ3v) is 8.98. The summed E-state index contributed by atoms with van der Waals surface area (Å²) in [7, 11) is 0. The van der Waals surface area contributed by atoms with Crippen molar-refractivity contribution in [3.05, 3.63) is 0 Å². The molecule has 4 aliphatic rings. The van der Waals surface area contributed by atoms with Gasteiger partial charge >= 0.3 is 0 Å². The number of hydrogen-bond acceptors (Lipinski definition) is 2. The van der Waals surface area contributed by atoms with Crippen LogP contribution in [0.2, 0.25) is 0 Å². The molecule has 0 heterocycles. The summed E-state index contributed by atoms with van der Waals surface area (Å²) in [6.45, 7) is 7.21. The smallest absolute Gasteiger partial charge is 0.133 e. The van der Waals surface area contributed by atoms with Crippen molar-refractivity contribution in [2.45, 2.75) is 78.2 Å². The van der Waals surface area contributed by atoms with Crippen LogP contribution in [0, 0.1) is 40.4 Å². The molecule has 4 fully saturated rings. The molecule has 0 radical (unpaired) electrons.